The molecule has 0 spiro atoms. The second-order valence-corrected chi connectivity index (χ2v) is 8.82. The molecular formula is C20H28N2O2. The smallest absolute Gasteiger partial charge is 0.312 e. The van der Waals surface area contributed by atoms with Gasteiger partial charge in [-0.3, -0.25) is 9.59 Å². The molecule has 4 nitrogen and oxygen atoms in total. The van der Waals surface area contributed by atoms with Crippen molar-refractivity contribution in [3.63, 3.8) is 0 Å². The predicted octanol–water partition coefficient (Wildman–Crippen LogP) is 3.04. The second kappa shape index (κ2) is 5.91. The van der Waals surface area contributed by atoms with Gasteiger partial charge in [0.1, 0.15) is 0 Å². The number of aryl methyl sites for hydroxylation is 1. The Labute approximate surface area is 144 Å². The fourth-order valence-electron chi connectivity index (χ4n) is 4.79. The standard InChI is InChI=1S/C20H28N2O2/c1-14-5-7-15(8-6-14)11-21-17(23)18(24)22-13-20(4)10-16(22)9-19(2,3)12-20/h5-8,16H,9-13H2,1-4H3,(H,21,23). The quantitative estimate of drug-likeness (QED) is 0.848. The van der Waals surface area contributed by atoms with Gasteiger partial charge in [0.2, 0.25) is 0 Å². The van der Waals surface area contributed by atoms with Crippen LogP contribution in [-0.4, -0.2) is 29.3 Å². The Morgan fingerprint density at radius 3 is 2.50 bits per heavy atom. The van der Waals surface area contributed by atoms with Crippen molar-refractivity contribution in [2.24, 2.45) is 10.8 Å². The molecule has 1 saturated heterocycles. The summed E-state index contributed by atoms with van der Waals surface area (Å²) >= 11 is 0. The highest BCUT2D eigenvalue weighted by molar-refractivity contribution is 6.35. The maximum atomic E-state index is 12.6. The highest BCUT2D eigenvalue weighted by Crippen LogP contribution is 2.52. The van der Waals surface area contributed by atoms with Gasteiger partial charge in [0.25, 0.3) is 0 Å². The fraction of sp³-hybridized carbons (Fsp3) is 0.600. The average molecular weight is 328 g/mol. The number of nitrogens with one attached hydrogen (secondary N) is 1. The first-order valence-electron chi connectivity index (χ1n) is 8.82. The molecule has 1 saturated carbocycles. The molecule has 1 aliphatic heterocycles. The van der Waals surface area contributed by atoms with E-state index in [1.807, 2.05) is 36.1 Å². The molecule has 1 heterocycles. The molecule has 2 amide bonds. The summed E-state index contributed by atoms with van der Waals surface area (Å²) in [6.45, 7) is 9.91. The number of benzene rings is 1. The van der Waals surface area contributed by atoms with Gasteiger partial charge in [-0.15, -0.1) is 0 Å². The fourth-order valence-corrected chi connectivity index (χ4v) is 4.79. The molecule has 2 bridgehead atoms. The number of amides is 2. The zero-order chi connectivity index (χ0) is 17.5. The summed E-state index contributed by atoms with van der Waals surface area (Å²) in [6, 6.07) is 8.18. The molecule has 4 heteroatoms. The van der Waals surface area contributed by atoms with Crippen LogP contribution in [0.4, 0.5) is 0 Å². The summed E-state index contributed by atoms with van der Waals surface area (Å²) in [5.41, 5.74) is 2.58. The van der Waals surface area contributed by atoms with Crippen LogP contribution >= 0.6 is 0 Å². The molecule has 130 valence electrons. The number of nitrogens with zero attached hydrogens (tertiary/aromatic N) is 1. The summed E-state index contributed by atoms with van der Waals surface area (Å²) in [7, 11) is 0. The number of hydrogen-bond donors (Lipinski definition) is 1. The molecule has 1 aromatic carbocycles. The second-order valence-electron chi connectivity index (χ2n) is 8.82. The van der Waals surface area contributed by atoms with Gasteiger partial charge >= 0.3 is 11.8 Å². The number of rotatable bonds is 2. The van der Waals surface area contributed by atoms with Crippen molar-refractivity contribution >= 4 is 11.8 Å². The van der Waals surface area contributed by atoms with E-state index in [1.165, 1.54) is 5.56 Å². The van der Waals surface area contributed by atoms with Crippen LogP contribution in [0.2, 0.25) is 0 Å². The molecule has 3 rings (SSSR count). The van der Waals surface area contributed by atoms with Crippen molar-refractivity contribution in [1.82, 2.24) is 10.2 Å². The average Bonchev–Trinajstić information content (AvgIpc) is 2.74. The summed E-state index contributed by atoms with van der Waals surface area (Å²) in [6.07, 6.45) is 3.12. The van der Waals surface area contributed by atoms with Gasteiger partial charge in [0, 0.05) is 19.1 Å². The third-order valence-electron chi connectivity index (χ3n) is 5.44. The van der Waals surface area contributed by atoms with E-state index in [0.29, 0.717) is 13.1 Å². The van der Waals surface area contributed by atoms with Crippen molar-refractivity contribution in [2.45, 2.75) is 59.5 Å². The molecule has 24 heavy (non-hydrogen) atoms. The number of hydrogen-bond acceptors (Lipinski definition) is 2. The molecule has 2 atom stereocenters. The molecular weight excluding hydrogens is 300 g/mol. The third-order valence-corrected chi connectivity index (χ3v) is 5.44. The molecule has 1 aromatic rings. The van der Waals surface area contributed by atoms with Gasteiger partial charge in [0.15, 0.2) is 0 Å². The van der Waals surface area contributed by atoms with Crippen LogP contribution in [0.3, 0.4) is 0 Å². The summed E-state index contributed by atoms with van der Waals surface area (Å²) < 4.78 is 0. The lowest BCUT2D eigenvalue weighted by Gasteiger charge is -2.39. The van der Waals surface area contributed by atoms with E-state index >= 15 is 0 Å². The largest absolute Gasteiger partial charge is 0.344 e. The minimum absolute atomic E-state index is 0.152. The van der Waals surface area contributed by atoms with E-state index in [0.717, 1.165) is 24.8 Å². The Morgan fingerprint density at radius 1 is 1.17 bits per heavy atom. The van der Waals surface area contributed by atoms with Crippen molar-refractivity contribution in [2.75, 3.05) is 6.54 Å². The van der Waals surface area contributed by atoms with Crippen LogP contribution in [0.5, 0.6) is 0 Å². The van der Waals surface area contributed by atoms with Crippen molar-refractivity contribution < 1.29 is 9.59 Å². The molecule has 0 radical (unpaired) electrons. The predicted molar refractivity (Wildman–Crippen MR) is 94.3 cm³/mol. The zero-order valence-corrected chi connectivity index (χ0v) is 15.2. The van der Waals surface area contributed by atoms with Gasteiger partial charge in [0.05, 0.1) is 0 Å². The van der Waals surface area contributed by atoms with Crippen LogP contribution in [0.1, 0.15) is 51.2 Å². The van der Waals surface area contributed by atoms with Crippen LogP contribution in [0, 0.1) is 17.8 Å². The van der Waals surface area contributed by atoms with E-state index in [9.17, 15) is 9.59 Å². The molecule has 2 fully saturated rings. The molecule has 0 aromatic heterocycles. The summed E-state index contributed by atoms with van der Waals surface area (Å²) in [5, 5.41) is 2.78. The zero-order valence-electron chi connectivity index (χ0n) is 15.2. The minimum atomic E-state index is -0.482. The maximum absolute atomic E-state index is 12.6. The van der Waals surface area contributed by atoms with E-state index in [-0.39, 0.29) is 22.8 Å². The van der Waals surface area contributed by atoms with Crippen LogP contribution in [0.25, 0.3) is 0 Å². The highest BCUT2D eigenvalue weighted by Gasteiger charge is 2.51. The van der Waals surface area contributed by atoms with Crippen molar-refractivity contribution in [1.29, 1.82) is 0 Å². The Hall–Kier alpha value is -1.84. The molecule has 1 N–H and O–H groups in total. The van der Waals surface area contributed by atoms with Gasteiger partial charge in [-0.1, -0.05) is 50.6 Å². The summed E-state index contributed by atoms with van der Waals surface area (Å²) in [4.78, 5) is 26.8. The van der Waals surface area contributed by atoms with E-state index in [2.05, 4.69) is 26.1 Å². The normalized spacial score (nSPS) is 27.8. The Morgan fingerprint density at radius 2 is 1.83 bits per heavy atom. The monoisotopic (exact) mass is 328 g/mol. The molecule has 2 aliphatic rings. The number of carbonyl (C=O) groups excluding carboxylic acids is 2. The van der Waals surface area contributed by atoms with Gasteiger partial charge < -0.3 is 10.2 Å². The first kappa shape index (κ1) is 17.0. The van der Waals surface area contributed by atoms with Crippen molar-refractivity contribution in [3.8, 4) is 0 Å². The lowest BCUT2D eigenvalue weighted by atomic mass is 9.65. The lowest BCUT2D eigenvalue weighted by molar-refractivity contribution is -0.146. The lowest BCUT2D eigenvalue weighted by Crippen LogP contribution is -2.45. The third kappa shape index (κ3) is 3.47. The number of carbonyl (C=O) groups is 2. The number of fused-ring (bicyclic) bond motifs is 2. The van der Waals surface area contributed by atoms with E-state index in [4.69, 9.17) is 0 Å². The Balaban J connectivity index is 1.62. The number of likely N-dealkylation sites (tertiary alicyclic amines) is 1. The van der Waals surface area contributed by atoms with Crippen LogP contribution in [0.15, 0.2) is 24.3 Å². The van der Waals surface area contributed by atoms with Gasteiger partial charge in [-0.05, 0) is 42.6 Å². The van der Waals surface area contributed by atoms with Crippen molar-refractivity contribution in [3.05, 3.63) is 35.4 Å². The Bertz CT molecular complexity index is 650. The summed E-state index contributed by atoms with van der Waals surface area (Å²) in [5.74, 6) is -0.849. The molecule has 1 aliphatic carbocycles. The first-order chi connectivity index (χ1) is 11.2. The topological polar surface area (TPSA) is 49.4 Å². The highest BCUT2D eigenvalue weighted by atomic mass is 16.2. The van der Waals surface area contributed by atoms with E-state index < -0.39 is 5.91 Å². The Kier molecular flexibility index (Phi) is 4.18. The van der Waals surface area contributed by atoms with Crippen LogP contribution in [-0.2, 0) is 16.1 Å². The van der Waals surface area contributed by atoms with E-state index in [1.54, 1.807) is 0 Å². The van der Waals surface area contributed by atoms with Crippen LogP contribution < -0.4 is 5.32 Å². The van der Waals surface area contributed by atoms with Gasteiger partial charge in [-0.2, -0.15) is 0 Å². The minimum Gasteiger partial charge on any atom is -0.344 e. The first-order valence-corrected chi connectivity index (χ1v) is 8.82. The SMILES string of the molecule is Cc1ccc(CNC(=O)C(=O)N2CC3(C)CC2CC(C)(C)C3)cc1. The van der Waals surface area contributed by atoms with Gasteiger partial charge in [-0.25, -0.2) is 0 Å². The molecule has 2 unspecified atom stereocenters. The maximum Gasteiger partial charge on any atom is 0.312 e.